The van der Waals surface area contributed by atoms with Crippen LogP contribution in [0.3, 0.4) is 0 Å². The lowest BCUT2D eigenvalue weighted by molar-refractivity contribution is 0.765. The number of benzene rings is 1. The second-order valence-corrected chi connectivity index (χ2v) is 4.65. The minimum Gasteiger partial charge on any atom is -0.378 e. The summed E-state index contributed by atoms with van der Waals surface area (Å²) in [6, 6.07) is 5.89. The minimum atomic E-state index is -0.188. The molecule has 0 fully saturated rings. The zero-order valence-corrected chi connectivity index (χ0v) is 10.8. The Morgan fingerprint density at radius 3 is 2.84 bits per heavy atom. The number of hydrogen-bond acceptors (Lipinski definition) is 3. The summed E-state index contributed by atoms with van der Waals surface area (Å²) in [5.41, 5.74) is 3.50. The molecular formula is C13H15N5O. The van der Waals surface area contributed by atoms with E-state index < -0.39 is 0 Å². The van der Waals surface area contributed by atoms with Crippen LogP contribution in [0.15, 0.2) is 35.4 Å². The molecule has 98 valence electrons. The van der Waals surface area contributed by atoms with Crippen molar-refractivity contribution < 1.29 is 0 Å². The van der Waals surface area contributed by atoms with E-state index in [2.05, 4.69) is 27.3 Å². The highest BCUT2D eigenvalue weighted by atomic mass is 16.1. The van der Waals surface area contributed by atoms with E-state index in [1.54, 1.807) is 4.68 Å². The third kappa shape index (κ3) is 2.24. The molecule has 2 heterocycles. The van der Waals surface area contributed by atoms with Crippen LogP contribution in [0.2, 0.25) is 0 Å². The first-order valence-corrected chi connectivity index (χ1v) is 6.09. The number of aromatic amines is 2. The Morgan fingerprint density at radius 2 is 2.11 bits per heavy atom. The lowest BCUT2D eigenvalue weighted by Crippen LogP contribution is -2.05. The number of imidazole rings is 1. The van der Waals surface area contributed by atoms with Gasteiger partial charge in [-0.2, -0.15) is 5.10 Å². The third-order valence-electron chi connectivity index (χ3n) is 3.12. The molecule has 1 aromatic carbocycles. The van der Waals surface area contributed by atoms with E-state index >= 15 is 0 Å². The van der Waals surface area contributed by atoms with Crippen molar-refractivity contribution in [2.24, 2.45) is 7.05 Å². The van der Waals surface area contributed by atoms with Crippen molar-refractivity contribution in [3.8, 4) is 0 Å². The minimum absolute atomic E-state index is 0.150. The van der Waals surface area contributed by atoms with Gasteiger partial charge in [0, 0.05) is 24.5 Å². The average molecular weight is 257 g/mol. The summed E-state index contributed by atoms with van der Waals surface area (Å²) in [6.45, 7) is 2.07. The molecule has 0 amide bonds. The lowest BCUT2D eigenvalue weighted by atomic mass is 10.2. The number of aryl methyl sites for hydroxylation is 1. The van der Waals surface area contributed by atoms with Crippen LogP contribution in [0.25, 0.3) is 11.0 Å². The maximum absolute atomic E-state index is 11.2. The summed E-state index contributed by atoms with van der Waals surface area (Å²) in [4.78, 5) is 16.7. The van der Waals surface area contributed by atoms with Crippen molar-refractivity contribution in [1.82, 2.24) is 19.7 Å². The summed E-state index contributed by atoms with van der Waals surface area (Å²) in [6.07, 6.45) is 3.82. The number of aromatic nitrogens is 4. The fourth-order valence-corrected chi connectivity index (χ4v) is 2.12. The summed E-state index contributed by atoms with van der Waals surface area (Å²) in [5.74, 6) is 0. The molecule has 6 heteroatoms. The molecule has 6 nitrogen and oxygen atoms in total. The zero-order valence-electron chi connectivity index (χ0n) is 10.8. The molecule has 19 heavy (non-hydrogen) atoms. The number of H-pyrrole nitrogens is 2. The third-order valence-corrected chi connectivity index (χ3v) is 3.12. The largest absolute Gasteiger partial charge is 0.378 e. The summed E-state index contributed by atoms with van der Waals surface area (Å²) in [7, 11) is 1.90. The monoisotopic (exact) mass is 257 g/mol. The zero-order chi connectivity index (χ0) is 13.4. The Labute approximate surface area is 109 Å². The maximum atomic E-state index is 11.2. The molecule has 0 bridgehead atoms. The van der Waals surface area contributed by atoms with Gasteiger partial charge in [-0.3, -0.25) is 4.68 Å². The van der Waals surface area contributed by atoms with Crippen LogP contribution < -0.4 is 11.0 Å². The van der Waals surface area contributed by atoms with Gasteiger partial charge in [0.15, 0.2) is 0 Å². The second-order valence-electron chi connectivity index (χ2n) is 4.65. The molecule has 0 radical (unpaired) electrons. The van der Waals surface area contributed by atoms with Crippen molar-refractivity contribution >= 4 is 16.7 Å². The van der Waals surface area contributed by atoms with Crippen molar-refractivity contribution in [2.45, 2.75) is 13.0 Å². The van der Waals surface area contributed by atoms with E-state index in [0.29, 0.717) is 0 Å². The lowest BCUT2D eigenvalue weighted by Gasteiger charge is -2.13. The molecular weight excluding hydrogens is 242 g/mol. The van der Waals surface area contributed by atoms with Crippen LogP contribution in [-0.2, 0) is 7.05 Å². The Kier molecular flexibility index (Phi) is 2.63. The molecule has 2 aromatic heterocycles. The molecule has 3 N–H and O–H groups in total. The smallest absolute Gasteiger partial charge is 0.323 e. The second kappa shape index (κ2) is 4.31. The van der Waals surface area contributed by atoms with Crippen LogP contribution in [0.1, 0.15) is 18.5 Å². The maximum Gasteiger partial charge on any atom is 0.323 e. The fourth-order valence-electron chi connectivity index (χ4n) is 2.12. The van der Waals surface area contributed by atoms with Crippen LogP contribution in [0.4, 0.5) is 5.69 Å². The molecule has 0 aliphatic carbocycles. The number of hydrogen-bond donors (Lipinski definition) is 3. The predicted molar refractivity (Wildman–Crippen MR) is 74.2 cm³/mol. The molecule has 0 aliphatic rings. The van der Waals surface area contributed by atoms with Crippen molar-refractivity contribution in [1.29, 1.82) is 0 Å². The van der Waals surface area contributed by atoms with E-state index in [-0.39, 0.29) is 11.7 Å². The van der Waals surface area contributed by atoms with Gasteiger partial charge in [0.05, 0.1) is 23.3 Å². The first kappa shape index (κ1) is 11.6. The van der Waals surface area contributed by atoms with Crippen LogP contribution in [-0.4, -0.2) is 19.7 Å². The van der Waals surface area contributed by atoms with Gasteiger partial charge in [-0.15, -0.1) is 0 Å². The van der Waals surface area contributed by atoms with Gasteiger partial charge in [0.2, 0.25) is 0 Å². The number of rotatable bonds is 3. The average Bonchev–Trinajstić information content (AvgIpc) is 2.93. The Bertz CT molecular complexity index is 767. The number of fused-ring (bicyclic) bond motifs is 1. The van der Waals surface area contributed by atoms with E-state index in [9.17, 15) is 4.79 Å². The van der Waals surface area contributed by atoms with Crippen molar-refractivity contribution in [3.63, 3.8) is 0 Å². The van der Waals surface area contributed by atoms with E-state index in [4.69, 9.17) is 0 Å². The number of nitrogens with one attached hydrogen (secondary N) is 3. The molecule has 3 aromatic rings. The number of nitrogens with zero attached hydrogens (tertiary/aromatic N) is 2. The van der Waals surface area contributed by atoms with Crippen molar-refractivity contribution in [3.05, 3.63) is 46.6 Å². The van der Waals surface area contributed by atoms with Gasteiger partial charge in [-0.1, -0.05) is 0 Å². The van der Waals surface area contributed by atoms with Crippen LogP contribution in [0.5, 0.6) is 0 Å². The SMILES string of the molecule is CC(Nc1ccc2[nH]c(=O)[nH]c2c1)c1cnn(C)c1. The van der Waals surface area contributed by atoms with Gasteiger partial charge in [-0.05, 0) is 25.1 Å². The fraction of sp³-hybridized carbons (Fsp3) is 0.231. The van der Waals surface area contributed by atoms with E-state index in [0.717, 1.165) is 22.3 Å². The van der Waals surface area contributed by atoms with Gasteiger partial charge < -0.3 is 15.3 Å². The summed E-state index contributed by atoms with van der Waals surface area (Å²) in [5, 5.41) is 7.54. The quantitative estimate of drug-likeness (QED) is 0.669. The Hall–Kier alpha value is -2.50. The molecule has 0 aliphatic heterocycles. The van der Waals surface area contributed by atoms with E-state index in [1.807, 2.05) is 37.6 Å². The first-order chi connectivity index (χ1) is 9.11. The first-order valence-electron chi connectivity index (χ1n) is 6.09. The number of anilines is 1. The van der Waals surface area contributed by atoms with Crippen LogP contribution in [0, 0.1) is 0 Å². The van der Waals surface area contributed by atoms with Gasteiger partial charge in [0.25, 0.3) is 0 Å². The van der Waals surface area contributed by atoms with E-state index in [1.165, 1.54) is 0 Å². The Balaban J connectivity index is 1.86. The summed E-state index contributed by atoms with van der Waals surface area (Å²) < 4.78 is 1.78. The Morgan fingerprint density at radius 1 is 1.32 bits per heavy atom. The molecule has 1 unspecified atom stereocenters. The molecule has 1 atom stereocenters. The van der Waals surface area contributed by atoms with Crippen LogP contribution >= 0.6 is 0 Å². The predicted octanol–water partition coefficient (Wildman–Crippen LogP) is 1.76. The highest BCUT2D eigenvalue weighted by Crippen LogP contribution is 2.20. The van der Waals surface area contributed by atoms with Gasteiger partial charge in [0.1, 0.15) is 0 Å². The molecule has 0 saturated heterocycles. The topological polar surface area (TPSA) is 78.5 Å². The highest BCUT2D eigenvalue weighted by molar-refractivity contribution is 5.78. The molecule has 0 saturated carbocycles. The standard InChI is InChI=1S/C13H15N5O/c1-8(9-6-14-18(2)7-9)15-10-3-4-11-12(5-10)17-13(19)16-11/h3-8,15H,1-2H3,(H2,16,17,19). The van der Waals surface area contributed by atoms with Gasteiger partial charge >= 0.3 is 5.69 Å². The van der Waals surface area contributed by atoms with Gasteiger partial charge in [-0.25, -0.2) is 4.79 Å². The highest BCUT2D eigenvalue weighted by Gasteiger charge is 2.08. The molecule has 0 spiro atoms. The normalized spacial score (nSPS) is 12.7. The summed E-state index contributed by atoms with van der Waals surface area (Å²) >= 11 is 0. The molecule has 3 rings (SSSR count). The van der Waals surface area contributed by atoms with Crippen molar-refractivity contribution in [2.75, 3.05) is 5.32 Å².